The van der Waals surface area contributed by atoms with Gasteiger partial charge in [0, 0.05) is 11.1 Å². The Labute approximate surface area is 129 Å². The van der Waals surface area contributed by atoms with Crippen molar-refractivity contribution in [2.45, 2.75) is 38.1 Å². The standard InChI is InChI=1S/C14H18ClN3O2S/c1-9(7-12-5-4-6-13(15)8-12)18-21(19,20)14-10(2)16-17-11(14)3/h4-6,8-9,18H,7H2,1-3H3,(H,16,17). The van der Waals surface area contributed by atoms with Crippen LogP contribution in [0.5, 0.6) is 0 Å². The fourth-order valence-electron chi connectivity index (χ4n) is 2.32. The number of H-pyrrole nitrogens is 1. The average Bonchev–Trinajstić information content (AvgIpc) is 2.68. The van der Waals surface area contributed by atoms with Crippen molar-refractivity contribution < 1.29 is 8.42 Å². The smallest absolute Gasteiger partial charge is 0.244 e. The number of aromatic amines is 1. The molecule has 0 fully saturated rings. The van der Waals surface area contributed by atoms with E-state index in [9.17, 15) is 8.42 Å². The molecule has 114 valence electrons. The second-order valence-corrected chi connectivity index (χ2v) is 7.21. The predicted octanol–water partition coefficient (Wildman–Crippen LogP) is 2.59. The maximum atomic E-state index is 12.4. The third-order valence-corrected chi connectivity index (χ3v) is 5.20. The van der Waals surface area contributed by atoms with Crippen molar-refractivity contribution in [2.75, 3.05) is 0 Å². The first kappa shape index (κ1) is 16.0. The highest BCUT2D eigenvalue weighted by Crippen LogP contribution is 2.18. The number of sulfonamides is 1. The van der Waals surface area contributed by atoms with Crippen LogP contribution >= 0.6 is 11.6 Å². The second kappa shape index (κ2) is 6.17. The molecule has 1 atom stereocenters. The first-order valence-corrected chi connectivity index (χ1v) is 8.44. The average molecular weight is 328 g/mol. The number of hydrogen-bond donors (Lipinski definition) is 2. The number of nitrogens with one attached hydrogen (secondary N) is 2. The van der Waals surface area contributed by atoms with Crippen LogP contribution in [-0.4, -0.2) is 24.7 Å². The summed E-state index contributed by atoms with van der Waals surface area (Å²) in [4.78, 5) is 0.223. The van der Waals surface area contributed by atoms with Crippen molar-refractivity contribution in [2.24, 2.45) is 0 Å². The Kier molecular flexibility index (Phi) is 4.70. The van der Waals surface area contributed by atoms with E-state index in [0.29, 0.717) is 22.8 Å². The van der Waals surface area contributed by atoms with Crippen LogP contribution < -0.4 is 4.72 Å². The zero-order chi connectivity index (χ0) is 15.6. The Balaban J connectivity index is 2.14. The highest BCUT2D eigenvalue weighted by atomic mass is 35.5. The van der Waals surface area contributed by atoms with Crippen molar-refractivity contribution in [1.29, 1.82) is 0 Å². The van der Waals surface area contributed by atoms with E-state index in [-0.39, 0.29) is 10.9 Å². The zero-order valence-corrected chi connectivity index (χ0v) is 13.7. The zero-order valence-electron chi connectivity index (χ0n) is 12.1. The molecule has 0 radical (unpaired) electrons. The SMILES string of the molecule is Cc1n[nH]c(C)c1S(=O)(=O)NC(C)Cc1cccc(Cl)c1. The molecular weight excluding hydrogens is 310 g/mol. The summed E-state index contributed by atoms with van der Waals surface area (Å²) in [6, 6.07) is 7.15. The number of rotatable bonds is 5. The Morgan fingerprint density at radius 3 is 2.67 bits per heavy atom. The van der Waals surface area contributed by atoms with E-state index in [1.807, 2.05) is 25.1 Å². The number of halogens is 1. The number of benzene rings is 1. The van der Waals surface area contributed by atoms with Gasteiger partial charge in [-0.1, -0.05) is 23.7 Å². The molecule has 1 heterocycles. The Hall–Kier alpha value is -1.37. The lowest BCUT2D eigenvalue weighted by atomic mass is 10.1. The Morgan fingerprint density at radius 2 is 2.10 bits per heavy atom. The maximum Gasteiger partial charge on any atom is 0.244 e. The Morgan fingerprint density at radius 1 is 1.38 bits per heavy atom. The summed E-state index contributed by atoms with van der Waals surface area (Å²) in [5.74, 6) is 0. The molecule has 0 aliphatic heterocycles. The van der Waals surface area contributed by atoms with Crippen LogP contribution in [0.1, 0.15) is 23.9 Å². The van der Waals surface area contributed by atoms with Gasteiger partial charge < -0.3 is 0 Å². The molecule has 0 spiro atoms. The molecule has 0 saturated heterocycles. The first-order chi connectivity index (χ1) is 9.79. The van der Waals surface area contributed by atoms with Crippen molar-refractivity contribution in [3.8, 4) is 0 Å². The van der Waals surface area contributed by atoms with Gasteiger partial charge in [0.1, 0.15) is 4.90 Å². The van der Waals surface area contributed by atoms with Crippen LogP contribution in [0.4, 0.5) is 0 Å². The van der Waals surface area contributed by atoms with Gasteiger partial charge in [-0.15, -0.1) is 0 Å². The predicted molar refractivity (Wildman–Crippen MR) is 83.0 cm³/mol. The Bertz CT molecular complexity index is 721. The van der Waals surface area contributed by atoms with Gasteiger partial charge in [-0.05, 0) is 44.9 Å². The molecule has 2 N–H and O–H groups in total. The van der Waals surface area contributed by atoms with E-state index in [1.54, 1.807) is 19.9 Å². The minimum absolute atomic E-state index is 0.223. The lowest BCUT2D eigenvalue weighted by molar-refractivity contribution is 0.558. The summed E-state index contributed by atoms with van der Waals surface area (Å²) in [6.45, 7) is 5.18. The third kappa shape index (κ3) is 3.84. The van der Waals surface area contributed by atoms with Gasteiger partial charge in [0.25, 0.3) is 0 Å². The van der Waals surface area contributed by atoms with Crippen molar-refractivity contribution in [3.63, 3.8) is 0 Å². The molecule has 1 unspecified atom stereocenters. The summed E-state index contributed by atoms with van der Waals surface area (Å²) in [5.41, 5.74) is 1.99. The van der Waals surface area contributed by atoms with Crippen LogP contribution in [0.15, 0.2) is 29.2 Å². The highest BCUT2D eigenvalue weighted by Gasteiger charge is 2.24. The quantitative estimate of drug-likeness (QED) is 0.886. The van der Waals surface area contributed by atoms with E-state index in [2.05, 4.69) is 14.9 Å². The van der Waals surface area contributed by atoms with Crippen molar-refractivity contribution in [1.82, 2.24) is 14.9 Å². The number of aromatic nitrogens is 2. The fourth-order valence-corrected chi connectivity index (χ4v) is 4.15. The fraction of sp³-hybridized carbons (Fsp3) is 0.357. The van der Waals surface area contributed by atoms with E-state index in [4.69, 9.17) is 11.6 Å². The largest absolute Gasteiger partial charge is 0.281 e. The van der Waals surface area contributed by atoms with E-state index < -0.39 is 10.0 Å². The summed E-state index contributed by atoms with van der Waals surface area (Å²) >= 11 is 5.93. The number of nitrogens with zero attached hydrogens (tertiary/aromatic N) is 1. The molecule has 1 aromatic carbocycles. The molecular formula is C14H18ClN3O2S. The summed E-state index contributed by atoms with van der Waals surface area (Å²) in [5, 5.41) is 7.25. The second-order valence-electron chi connectivity index (χ2n) is 5.12. The number of hydrogen-bond acceptors (Lipinski definition) is 3. The lowest BCUT2D eigenvalue weighted by Crippen LogP contribution is -2.34. The van der Waals surface area contributed by atoms with Crippen molar-refractivity contribution >= 4 is 21.6 Å². The number of aryl methyl sites for hydroxylation is 2. The monoisotopic (exact) mass is 327 g/mol. The maximum absolute atomic E-state index is 12.4. The van der Waals surface area contributed by atoms with E-state index in [1.165, 1.54) is 0 Å². The molecule has 2 aromatic rings. The highest BCUT2D eigenvalue weighted by molar-refractivity contribution is 7.89. The third-order valence-electron chi connectivity index (χ3n) is 3.12. The molecule has 0 aliphatic carbocycles. The topological polar surface area (TPSA) is 74.8 Å². The van der Waals surface area contributed by atoms with E-state index >= 15 is 0 Å². The molecule has 5 nitrogen and oxygen atoms in total. The summed E-state index contributed by atoms with van der Waals surface area (Å²) in [6.07, 6.45) is 0.565. The summed E-state index contributed by atoms with van der Waals surface area (Å²) < 4.78 is 27.5. The molecule has 0 aliphatic rings. The molecule has 7 heteroatoms. The van der Waals surface area contributed by atoms with Gasteiger partial charge in [-0.25, -0.2) is 13.1 Å². The van der Waals surface area contributed by atoms with Crippen molar-refractivity contribution in [3.05, 3.63) is 46.2 Å². The minimum Gasteiger partial charge on any atom is -0.281 e. The van der Waals surface area contributed by atoms with Crippen LogP contribution in [-0.2, 0) is 16.4 Å². The summed E-state index contributed by atoms with van der Waals surface area (Å²) in [7, 11) is -3.58. The van der Waals surface area contributed by atoms with Gasteiger partial charge in [0.2, 0.25) is 10.0 Å². The normalized spacial score (nSPS) is 13.3. The van der Waals surface area contributed by atoms with Crippen LogP contribution in [0, 0.1) is 13.8 Å². The van der Waals surface area contributed by atoms with Crippen LogP contribution in [0.2, 0.25) is 5.02 Å². The molecule has 0 amide bonds. The minimum atomic E-state index is -3.58. The van der Waals surface area contributed by atoms with Crippen LogP contribution in [0.3, 0.4) is 0 Å². The van der Waals surface area contributed by atoms with Gasteiger partial charge >= 0.3 is 0 Å². The molecule has 2 rings (SSSR count). The van der Waals surface area contributed by atoms with E-state index in [0.717, 1.165) is 5.56 Å². The van der Waals surface area contributed by atoms with Crippen LogP contribution in [0.25, 0.3) is 0 Å². The van der Waals surface area contributed by atoms with Gasteiger partial charge in [0.15, 0.2) is 0 Å². The molecule has 0 saturated carbocycles. The lowest BCUT2D eigenvalue weighted by Gasteiger charge is -2.14. The van der Waals surface area contributed by atoms with Gasteiger partial charge in [-0.2, -0.15) is 5.10 Å². The molecule has 21 heavy (non-hydrogen) atoms. The van der Waals surface area contributed by atoms with Gasteiger partial charge in [0.05, 0.1) is 11.4 Å². The van der Waals surface area contributed by atoms with Gasteiger partial charge in [-0.3, -0.25) is 5.10 Å². The molecule has 1 aromatic heterocycles. The first-order valence-electron chi connectivity index (χ1n) is 6.58. The molecule has 0 bridgehead atoms.